The fourth-order valence-corrected chi connectivity index (χ4v) is 4.64. The van der Waals surface area contributed by atoms with Crippen LogP contribution in [-0.2, 0) is 10.2 Å². The number of aryl methyl sites for hydroxylation is 1. The Bertz CT molecular complexity index is 584. The topological polar surface area (TPSA) is 87.2 Å². The van der Waals surface area contributed by atoms with Gasteiger partial charge in [0.1, 0.15) is 5.01 Å². The molecule has 118 valence electrons. The van der Waals surface area contributed by atoms with Crippen molar-refractivity contribution in [1.82, 2.24) is 19.8 Å². The Kier molecular flexibility index (Phi) is 4.43. The van der Waals surface area contributed by atoms with Gasteiger partial charge in [0.05, 0.1) is 0 Å². The number of nitrogens with one attached hydrogen (secondary N) is 2. The Hall–Kier alpha value is -0.770. The number of hydrogen-bond donors (Lipinski definition) is 2. The second-order valence-corrected chi connectivity index (χ2v) is 8.63. The summed E-state index contributed by atoms with van der Waals surface area (Å²) in [6, 6.07) is 0.666. The van der Waals surface area contributed by atoms with Gasteiger partial charge in [-0.15, -0.1) is 10.2 Å². The third-order valence-electron chi connectivity index (χ3n) is 3.84. The van der Waals surface area contributed by atoms with Crippen molar-refractivity contribution in [2.45, 2.75) is 38.6 Å². The Morgan fingerprint density at radius 2 is 2.14 bits per heavy atom. The van der Waals surface area contributed by atoms with Crippen molar-refractivity contribution >= 4 is 26.7 Å². The minimum Gasteiger partial charge on any atom is -0.314 e. The zero-order valence-corrected chi connectivity index (χ0v) is 13.7. The summed E-state index contributed by atoms with van der Waals surface area (Å²) in [5.74, 6) is 0.395. The quantitative estimate of drug-likeness (QED) is 0.811. The molecule has 2 fully saturated rings. The lowest BCUT2D eigenvalue weighted by atomic mass is 10.00. The predicted octanol–water partition coefficient (Wildman–Crippen LogP) is 0.967. The van der Waals surface area contributed by atoms with Gasteiger partial charge in [-0.25, -0.2) is 4.72 Å². The summed E-state index contributed by atoms with van der Waals surface area (Å²) in [6.45, 7) is 3.87. The van der Waals surface area contributed by atoms with Crippen LogP contribution in [-0.4, -0.2) is 48.6 Å². The molecule has 1 aromatic heterocycles. The Morgan fingerprint density at radius 3 is 2.81 bits per heavy atom. The van der Waals surface area contributed by atoms with Crippen LogP contribution in [0.2, 0.25) is 0 Å². The predicted molar refractivity (Wildman–Crippen MR) is 82.5 cm³/mol. The summed E-state index contributed by atoms with van der Waals surface area (Å²) in [7, 11) is -3.52. The minimum atomic E-state index is -3.52. The maximum Gasteiger partial charge on any atom is 0.303 e. The molecule has 1 aliphatic carbocycles. The first-order valence-electron chi connectivity index (χ1n) is 7.34. The molecule has 1 aliphatic heterocycles. The molecule has 3 rings (SSSR count). The molecule has 1 atom stereocenters. The van der Waals surface area contributed by atoms with Gasteiger partial charge < -0.3 is 5.32 Å². The van der Waals surface area contributed by atoms with Crippen molar-refractivity contribution in [3.63, 3.8) is 0 Å². The maximum atomic E-state index is 12.4. The van der Waals surface area contributed by atoms with Crippen molar-refractivity contribution in [3.05, 3.63) is 5.01 Å². The summed E-state index contributed by atoms with van der Waals surface area (Å²) in [5.41, 5.74) is 0. The van der Waals surface area contributed by atoms with E-state index in [2.05, 4.69) is 20.2 Å². The smallest absolute Gasteiger partial charge is 0.303 e. The lowest BCUT2D eigenvalue weighted by Crippen LogP contribution is -2.45. The second kappa shape index (κ2) is 6.15. The standard InChI is InChI=1S/C12H21N5O2S2/c1-9-14-15-12(20-9)16-21(18,19)17-6-2-3-10(8-17)7-13-11-4-5-11/h10-11,13H,2-8H2,1H3,(H,15,16). The van der Waals surface area contributed by atoms with Gasteiger partial charge in [0.25, 0.3) is 0 Å². The molecule has 0 bridgehead atoms. The van der Waals surface area contributed by atoms with Gasteiger partial charge in [-0.05, 0) is 45.1 Å². The molecule has 1 saturated heterocycles. The Balaban J connectivity index is 1.58. The van der Waals surface area contributed by atoms with E-state index in [1.807, 2.05) is 0 Å². The first-order valence-corrected chi connectivity index (χ1v) is 9.60. The average Bonchev–Trinajstić information content (AvgIpc) is 3.20. The molecule has 9 heteroatoms. The molecule has 2 heterocycles. The third kappa shape index (κ3) is 4.12. The summed E-state index contributed by atoms with van der Waals surface area (Å²) in [5, 5.41) is 12.2. The molecule has 7 nitrogen and oxygen atoms in total. The molecule has 0 amide bonds. The molecule has 21 heavy (non-hydrogen) atoms. The summed E-state index contributed by atoms with van der Waals surface area (Å²) < 4.78 is 28.9. The van der Waals surface area contributed by atoms with E-state index in [0.717, 1.165) is 24.4 Å². The summed E-state index contributed by atoms with van der Waals surface area (Å²) >= 11 is 1.25. The van der Waals surface area contributed by atoms with Crippen LogP contribution in [0.15, 0.2) is 0 Å². The normalized spacial score (nSPS) is 24.1. The summed E-state index contributed by atoms with van der Waals surface area (Å²) in [6.07, 6.45) is 4.51. The number of rotatable bonds is 6. The second-order valence-electron chi connectivity index (χ2n) is 5.78. The monoisotopic (exact) mass is 331 g/mol. The van der Waals surface area contributed by atoms with Crippen LogP contribution in [0.25, 0.3) is 0 Å². The fourth-order valence-electron chi connectivity index (χ4n) is 2.55. The van der Waals surface area contributed by atoms with Crippen molar-refractivity contribution < 1.29 is 8.42 Å². The van der Waals surface area contributed by atoms with E-state index < -0.39 is 10.2 Å². The van der Waals surface area contributed by atoms with Crippen LogP contribution in [0.3, 0.4) is 0 Å². The molecule has 0 spiro atoms. The van der Waals surface area contributed by atoms with Crippen molar-refractivity contribution in [2.24, 2.45) is 5.92 Å². The van der Waals surface area contributed by atoms with Gasteiger partial charge in [0, 0.05) is 19.1 Å². The van der Waals surface area contributed by atoms with Crippen molar-refractivity contribution in [2.75, 3.05) is 24.4 Å². The van der Waals surface area contributed by atoms with Crippen molar-refractivity contribution in [1.29, 1.82) is 0 Å². The van der Waals surface area contributed by atoms with Gasteiger partial charge in [0.2, 0.25) is 5.13 Å². The van der Waals surface area contributed by atoms with Crippen LogP contribution in [0.5, 0.6) is 0 Å². The average molecular weight is 331 g/mol. The van der Waals surface area contributed by atoms with E-state index in [-0.39, 0.29) is 0 Å². The van der Waals surface area contributed by atoms with Crippen LogP contribution < -0.4 is 10.0 Å². The first kappa shape index (κ1) is 15.1. The molecular weight excluding hydrogens is 310 g/mol. The van der Waals surface area contributed by atoms with Crippen LogP contribution in [0.4, 0.5) is 5.13 Å². The SMILES string of the molecule is Cc1nnc(NS(=O)(=O)N2CCCC(CNC3CC3)C2)s1. The van der Waals surface area contributed by atoms with Crippen LogP contribution in [0.1, 0.15) is 30.7 Å². The molecule has 2 N–H and O–H groups in total. The highest BCUT2D eigenvalue weighted by atomic mass is 32.2. The number of nitrogens with zero attached hydrogens (tertiary/aromatic N) is 3. The first-order chi connectivity index (χ1) is 10.0. The van der Waals surface area contributed by atoms with Gasteiger partial charge >= 0.3 is 10.2 Å². The molecular formula is C12H21N5O2S2. The zero-order chi connectivity index (χ0) is 14.9. The third-order valence-corrected chi connectivity index (χ3v) is 6.18. The number of piperidine rings is 1. The van der Waals surface area contributed by atoms with Crippen LogP contribution >= 0.6 is 11.3 Å². The van der Waals surface area contributed by atoms with Crippen LogP contribution in [0, 0.1) is 12.8 Å². The van der Waals surface area contributed by atoms with E-state index >= 15 is 0 Å². The highest BCUT2D eigenvalue weighted by Crippen LogP contribution is 2.24. The lowest BCUT2D eigenvalue weighted by molar-refractivity contribution is 0.261. The summed E-state index contributed by atoms with van der Waals surface area (Å²) in [4.78, 5) is 0. The highest BCUT2D eigenvalue weighted by molar-refractivity contribution is 7.90. The Labute approximate surface area is 129 Å². The molecule has 1 unspecified atom stereocenters. The van der Waals surface area contributed by atoms with E-state index in [0.29, 0.717) is 30.2 Å². The lowest BCUT2D eigenvalue weighted by Gasteiger charge is -2.31. The number of anilines is 1. The largest absolute Gasteiger partial charge is 0.314 e. The van der Waals surface area contributed by atoms with E-state index in [9.17, 15) is 8.42 Å². The molecule has 1 saturated carbocycles. The van der Waals surface area contributed by atoms with E-state index in [1.165, 1.54) is 28.5 Å². The van der Waals surface area contributed by atoms with Gasteiger partial charge in [-0.2, -0.15) is 12.7 Å². The minimum absolute atomic E-state index is 0.339. The van der Waals surface area contributed by atoms with Gasteiger partial charge in [0.15, 0.2) is 0 Å². The molecule has 2 aliphatic rings. The van der Waals surface area contributed by atoms with E-state index in [4.69, 9.17) is 0 Å². The van der Waals surface area contributed by atoms with Gasteiger partial charge in [-0.1, -0.05) is 11.3 Å². The van der Waals surface area contributed by atoms with Gasteiger partial charge in [-0.3, -0.25) is 0 Å². The highest BCUT2D eigenvalue weighted by Gasteiger charge is 2.30. The molecule has 0 aromatic carbocycles. The van der Waals surface area contributed by atoms with Crippen molar-refractivity contribution in [3.8, 4) is 0 Å². The molecule has 1 aromatic rings. The zero-order valence-electron chi connectivity index (χ0n) is 12.1. The fraction of sp³-hybridized carbons (Fsp3) is 0.833. The van der Waals surface area contributed by atoms with E-state index in [1.54, 1.807) is 6.92 Å². The molecule has 0 radical (unpaired) electrons. The Morgan fingerprint density at radius 1 is 1.33 bits per heavy atom. The number of hydrogen-bond acceptors (Lipinski definition) is 6. The number of aromatic nitrogens is 2. The maximum absolute atomic E-state index is 12.4.